The van der Waals surface area contributed by atoms with Gasteiger partial charge in [-0.1, -0.05) is 0 Å². The maximum absolute atomic E-state index is 13.0. The Morgan fingerprint density at radius 2 is 2.24 bits per heavy atom. The van der Waals surface area contributed by atoms with E-state index in [4.69, 9.17) is 9.15 Å². The van der Waals surface area contributed by atoms with Gasteiger partial charge in [-0.25, -0.2) is 4.98 Å². The number of methoxy groups -OCH3 is 1. The Morgan fingerprint density at radius 1 is 1.40 bits per heavy atom. The van der Waals surface area contributed by atoms with Crippen LogP contribution in [0.15, 0.2) is 10.8 Å². The van der Waals surface area contributed by atoms with E-state index in [1.807, 2.05) is 4.90 Å². The summed E-state index contributed by atoms with van der Waals surface area (Å²) in [6, 6.07) is 0. The lowest BCUT2D eigenvalue weighted by atomic mass is 9.78. The summed E-state index contributed by atoms with van der Waals surface area (Å²) in [6.45, 7) is 3.06. The van der Waals surface area contributed by atoms with E-state index in [2.05, 4.69) is 4.98 Å². The highest BCUT2D eigenvalue weighted by atomic mass is 16.5. The number of rotatable bonds is 5. The van der Waals surface area contributed by atoms with Crippen molar-refractivity contribution >= 4 is 11.8 Å². The van der Waals surface area contributed by atoms with Crippen LogP contribution in [-0.4, -0.2) is 66.5 Å². The molecule has 4 rings (SSSR count). The van der Waals surface area contributed by atoms with E-state index in [1.54, 1.807) is 12.0 Å². The molecule has 0 bridgehead atoms. The molecule has 2 aliphatic heterocycles. The van der Waals surface area contributed by atoms with Crippen molar-refractivity contribution in [3.05, 3.63) is 17.8 Å². The zero-order valence-corrected chi connectivity index (χ0v) is 14.7. The molecule has 3 aliphatic rings. The first-order valence-electron chi connectivity index (χ1n) is 9.15. The van der Waals surface area contributed by atoms with Crippen LogP contribution in [0.2, 0.25) is 0 Å². The molecule has 1 aromatic rings. The molecule has 136 valence electrons. The van der Waals surface area contributed by atoms with Crippen LogP contribution in [-0.2, 0) is 9.53 Å². The molecule has 7 heteroatoms. The Hall–Kier alpha value is -1.89. The largest absolute Gasteiger partial charge is 0.447 e. The highest BCUT2D eigenvalue weighted by molar-refractivity contribution is 5.95. The van der Waals surface area contributed by atoms with E-state index in [1.165, 1.54) is 6.39 Å². The lowest BCUT2D eigenvalue weighted by Crippen LogP contribution is -2.51. The van der Waals surface area contributed by atoms with Crippen molar-refractivity contribution < 1.29 is 18.7 Å². The van der Waals surface area contributed by atoms with Crippen LogP contribution < -0.4 is 0 Å². The zero-order chi connectivity index (χ0) is 17.4. The van der Waals surface area contributed by atoms with Gasteiger partial charge in [0.1, 0.15) is 5.76 Å². The molecule has 25 heavy (non-hydrogen) atoms. The number of carbonyl (C=O) groups is 2. The van der Waals surface area contributed by atoms with Crippen molar-refractivity contribution in [2.45, 2.75) is 38.0 Å². The van der Waals surface area contributed by atoms with Crippen molar-refractivity contribution in [2.75, 3.05) is 39.9 Å². The molecular weight excluding hydrogens is 322 g/mol. The van der Waals surface area contributed by atoms with Crippen LogP contribution in [0, 0.1) is 5.41 Å². The number of nitrogens with zero attached hydrogens (tertiary/aromatic N) is 3. The van der Waals surface area contributed by atoms with E-state index in [0.717, 1.165) is 44.4 Å². The Kier molecular flexibility index (Phi) is 4.27. The predicted octanol–water partition coefficient (Wildman–Crippen LogP) is 1.65. The van der Waals surface area contributed by atoms with Gasteiger partial charge in [-0.05, 0) is 32.1 Å². The summed E-state index contributed by atoms with van der Waals surface area (Å²) in [4.78, 5) is 33.7. The molecule has 1 spiro atoms. The molecule has 1 saturated carbocycles. The second-order valence-corrected chi connectivity index (χ2v) is 7.49. The third-order valence-corrected chi connectivity index (χ3v) is 5.78. The Morgan fingerprint density at radius 3 is 3.00 bits per heavy atom. The topological polar surface area (TPSA) is 75.9 Å². The van der Waals surface area contributed by atoms with Crippen molar-refractivity contribution in [1.29, 1.82) is 0 Å². The number of hydrogen-bond acceptors (Lipinski definition) is 5. The first-order chi connectivity index (χ1) is 12.1. The summed E-state index contributed by atoms with van der Waals surface area (Å²) in [6.07, 6.45) is 6.06. The second-order valence-electron chi connectivity index (χ2n) is 7.49. The second kappa shape index (κ2) is 6.44. The lowest BCUT2D eigenvalue weighted by molar-refractivity contribution is -0.146. The van der Waals surface area contributed by atoms with Gasteiger partial charge in [0.25, 0.3) is 5.91 Å². The van der Waals surface area contributed by atoms with Crippen LogP contribution in [0.3, 0.4) is 0 Å². The molecule has 3 fully saturated rings. The van der Waals surface area contributed by atoms with E-state index in [0.29, 0.717) is 37.9 Å². The Balaban J connectivity index is 1.47. The summed E-state index contributed by atoms with van der Waals surface area (Å²) in [7, 11) is 1.65. The number of piperidine rings is 1. The highest BCUT2D eigenvalue weighted by Crippen LogP contribution is 2.43. The fourth-order valence-electron chi connectivity index (χ4n) is 4.19. The third-order valence-electron chi connectivity index (χ3n) is 5.78. The van der Waals surface area contributed by atoms with Crippen LogP contribution in [0.5, 0.6) is 0 Å². The van der Waals surface area contributed by atoms with Gasteiger partial charge in [0, 0.05) is 39.2 Å². The Bertz CT molecular complexity index is 669. The molecule has 0 unspecified atom stereocenters. The molecule has 2 saturated heterocycles. The van der Waals surface area contributed by atoms with Gasteiger partial charge in [-0.15, -0.1) is 0 Å². The van der Waals surface area contributed by atoms with E-state index >= 15 is 0 Å². The SMILES string of the molecule is COCCN1CCC[C@@]2(CCN(C(=O)c3ncoc3C3CC3)C2)C1=O. The van der Waals surface area contributed by atoms with E-state index in [-0.39, 0.29) is 11.8 Å². The number of oxazole rings is 1. The molecular formula is C18H25N3O4. The first-order valence-corrected chi connectivity index (χ1v) is 9.15. The van der Waals surface area contributed by atoms with Gasteiger partial charge in [0.15, 0.2) is 12.1 Å². The fraction of sp³-hybridized carbons (Fsp3) is 0.722. The number of hydrogen-bond donors (Lipinski definition) is 0. The zero-order valence-electron chi connectivity index (χ0n) is 14.7. The minimum atomic E-state index is -0.425. The molecule has 1 atom stereocenters. The summed E-state index contributed by atoms with van der Waals surface area (Å²) in [5, 5.41) is 0. The number of amides is 2. The average Bonchev–Trinajstić information content (AvgIpc) is 3.19. The summed E-state index contributed by atoms with van der Waals surface area (Å²) < 4.78 is 10.6. The van der Waals surface area contributed by atoms with Crippen LogP contribution in [0.25, 0.3) is 0 Å². The Labute approximate surface area is 147 Å². The summed E-state index contributed by atoms with van der Waals surface area (Å²) in [5.74, 6) is 1.16. The molecule has 1 aromatic heterocycles. The predicted molar refractivity (Wildman–Crippen MR) is 89.1 cm³/mol. The van der Waals surface area contributed by atoms with E-state index < -0.39 is 5.41 Å². The van der Waals surface area contributed by atoms with Crippen LogP contribution in [0.1, 0.15) is 54.3 Å². The van der Waals surface area contributed by atoms with Crippen LogP contribution >= 0.6 is 0 Å². The highest BCUT2D eigenvalue weighted by Gasteiger charge is 2.50. The third kappa shape index (κ3) is 2.94. The maximum atomic E-state index is 13.0. The molecule has 0 radical (unpaired) electrons. The quantitative estimate of drug-likeness (QED) is 0.809. The monoisotopic (exact) mass is 347 g/mol. The smallest absolute Gasteiger partial charge is 0.276 e. The van der Waals surface area contributed by atoms with Gasteiger partial charge in [0.05, 0.1) is 12.0 Å². The van der Waals surface area contributed by atoms with Crippen molar-refractivity contribution in [2.24, 2.45) is 5.41 Å². The molecule has 2 amide bonds. The first kappa shape index (κ1) is 16.6. The molecule has 7 nitrogen and oxygen atoms in total. The maximum Gasteiger partial charge on any atom is 0.276 e. The standard InChI is InChI=1S/C18H25N3O4/c1-24-10-9-20-7-2-5-18(17(20)23)6-8-21(11-18)16(22)14-15(13-3-4-13)25-12-19-14/h12-13H,2-11H2,1H3/t18-/m0/s1. The summed E-state index contributed by atoms with van der Waals surface area (Å²) >= 11 is 0. The normalized spacial score (nSPS) is 26.7. The number of carbonyl (C=O) groups excluding carboxylic acids is 2. The number of ether oxygens (including phenoxy) is 1. The van der Waals surface area contributed by atoms with Gasteiger partial charge < -0.3 is 19.0 Å². The van der Waals surface area contributed by atoms with E-state index in [9.17, 15) is 9.59 Å². The van der Waals surface area contributed by atoms with Gasteiger partial charge in [-0.2, -0.15) is 0 Å². The van der Waals surface area contributed by atoms with Crippen molar-refractivity contribution in [3.8, 4) is 0 Å². The van der Waals surface area contributed by atoms with Gasteiger partial charge >= 0.3 is 0 Å². The lowest BCUT2D eigenvalue weighted by Gasteiger charge is -2.39. The molecule has 0 N–H and O–H groups in total. The van der Waals surface area contributed by atoms with Gasteiger partial charge in [0.2, 0.25) is 5.91 Å². The van der Waals surface area contributed by atoms with Crippen LogP contribution in [0.4, 0.5) is 0 Å². The minimum Gasteiger partial charge on any atom is -0.447 e. The summed E-state index contributed by atoms with van der Waals surface area (Å²) in [5.41, 5.74) is 0.0181. The number of likely N-dealkylation sites (tertiary alicyclic amines) is 2. The minimum absolute atomic E-state index is 0.0886. The van der Waals surface area contributed by atoms with Crippen molar-refractivity contribution in [1.82, 2.24) is 14.8 Å². The molecule has 0 aromatic carbocycles. The average molecular weight is 347 g/mol. The molecule has 3 heterocycles. The molecule has 1 aliphatic carbocycles. The number of aromatic nitrogens is 1. The fourth-order valence-corrected chi connectivity index (χ4v) is 4.19. The van der Waals surface area contributed by atoms with Crippen molar-refractivity contribution in [3.63, 3.8) is 0 Å². The van der Waals surface area contributed by atoms with Gasteiger partial charge in [-0.3, -0.25) is 9.59 Å².